The Hall–Kier alpha value is -4.33. The molecule has 0 saturated heterocycles. The molecule has 170 valence electrons. The number of carbonyl (C=O) groups is 1. The first-order valence-corrected chi connectivity index (χ1v) is 10.5. The molecule has 0 atom stereocenters. The summed E-state index contributed by atoms with van der Waals surface area (Å²) < 4.78 is 35.1. The van der Waals surface area contributed by atoms with Crippen LogP contribution in [0, 0.1) is 25.5 Å². The monoisotopic (exact) mass is 459 g/mol. The van der Waals surface area contributed by atoms with Crippen LogP contribution in [0.3, 0.4) is 0 Å². The fourth-order valence-corrected chi connectivity index (χ4v) is 4.21. The highest BCUT2D eigenvalue weighted by Crippen LogP contribution is 2.36. The first kappa shape index (κ1) is 21.5. The van der Waals surface area contributed by atoms with Gasteiger partial charge in [0.25, 0.3) is 0 Å². The van der Waals surface area contributed by atoms with Crippen LogP contribution in [-0.4, -0.2) is 25.8 Å². The van der Waals surface area contributed by atoms with E-state index in [0.29, 0.717) is 17.0 Å². The average molecular weight is 459 g/mol. The zero-order valence-corrected chi connectivity index (χ0v) is 18.3. The van der Waals surface area contributed by atoms with Gasteiger partial charge in [-0.1, -0.05) is 29.4 Å². The maximum atomic E-state index is 14.7. The number of aliphatic carboxylic acids is 1. The van der Waals surface area contributed by atoms with Gasteiger partial charge in [0.2, 0.25) is 0 Å². The minimum atomic E-state index is -0.913. The molecule has 5 aromatic rings. The highest BCUT2D eigenvalue weighted by molar-refractivity contribution is 5.97. The molecule has 0 spiro atoms. The Bertz CT molecular complexity index is 1530. The summed E-state index contributed by atoms with van der Waals surface area (Å²) in [5.41, 5.74) is 5.24. The number of benzene rings is 2. The summed E-state index contributed by atoms with van der Waals surface area (Å²) in [5.74, 6) is -1.64. The number of hydrogen-bond donors (Lipinski definition) is 1. The molecule has 1 N–H and O–H groups in total. The molecule has 3 heterocycles. The quantitative estimate of drug-likeness (QED) is 0.356. The number of pyridine rings is 1. The van der Waals surface area contributed by atoms with Gasteiger partial charge in [0.1, 0.15) is 23.0 Å². The summed E-state index contributed by atoms with van der Waals surface area (Å²) in [6.07, 6.45) is 3.34. The van der Waals surface area contributed by atoms with Crippen molar-refractivity contribution < 1.29 is 23.2 Å². The molecule has 0 saturated carbocycles. The smallest absolute Gasteiger partial charge is 0.307 e. The van der Waals surface area contributed by atoms with Crippen molar-refractivity contribution in [1.29, 1.82) is 0 Å². The lowest BCUT2D eigenvalue weighted by molar-refractivity contribution is -0.136. The summed E-state index contributed by atoms with van der Waals surface area (Å²) in [6.45, 7) is 3.66. The topological polar surface area (TPSA) is 81.2 Å². The van der Waals surface area contributed by atoms with Crippen LogP contribution in [0.15, 0.2) is 65.4 Å². The fraction of sp³-hybridized carbons (Fsp3) is 0.115. The van der Waals surface area contributed by atoms with Gasteiger partial charge < -0.3 is 9.63 Å². The van der Waals surface area contributed by atoms with Crippen molar-refractivity contribution in [1.82, 2.24) is 14.7 Å². The van der Waals surface area contributed by atoms with E-state index in [4.69, 9.17) is 9.63 Å². The molecule has 0 aliphatic carbocycles. The van der Waals surface area contributed by atoms with Gasteiger partial charge in [0, 0.05) is 40.5 Å². The van der Waals surface area contributed by atoms with Crippen molar-refractivity contribution in [2.24, 2.45) is 0 Å². The van der Waals surface area contributed by atoms with E-state index in [1.165, 1.54) is 12.1 Å². The summed E-state index contributed by atoms with van der Waals surface area (Å²) >= 11 is 0. The Balaban J connectivity index is 1.74. The molecular weight excluding hydrogens is 440 g/mol. The van der Waals surface area contributed by atoms with Gasteiger partial charge >= 0.3 is 5.97 Å². The summed E-state index contributed by atoms with van der Waals surface area (Å²) in [5, 5.41) is 13.8. The van der Waals surface area contributed by atoms with Gasteiger partial charge in [-0.2, -0.15) is 0 Å². The van der Waals surface area contributed by atoms with Crippen LogP contribution in [0.4, 0.5) is 8.78 Å². The third-order valence-electron chi connectivity index (χ3n) is 5.75. The molecule has 0 bridgehead atoms. The van der Waals surface area contributed by atoms with Crippen LogP contribution < -0.4 is 0 Å². The van der Waals surface area contributed by atoms with Crippen LogP contribution in [-0.2, 0) is 11.2 Å². The number of aromatic nitrogens is 3. The zero-order chi connectivity index (χ0) is 24.0. The standard InChI is InChI=1S/C26H19F2N3O3/c1-14-25(15(2)34-30-14)18-10-20-21(17-5-3-16(4-6-17)9-24(32)33)13-31(26(20)29-12-18)23-8-7-19(27)11-22(23)28/h3-8,10-13H,9H2,1-2H3,(H,32,33). The molecule has 2 aromatic carbocycles. The van der Waals surface area contributed by atoms with Gasteiger partial charge in [0.05, 0.1) is 17.8 Å². The first-order valence-electron chi connectivity index (χ1n) is 10.5. The van der Waals surface area contributed by atoms with E-state index < -0.39 is 17.6 Å². The van der Waals surface area contributed by atoms with E-state index in [2.05, 4.69) is 10.1 Å². The number of carboxylic acids is 1. The first-order chi connectivity index (χ1) is 16.3. The molecule has 6 nitrogen and oxygen atoms in total. The maximum absolute atomic E-state index is 14.7. The second kappa shape index (κ2) is 8.22. The largest absolute Gasteiger partial charge is 0.481 e. The van der Waals surface area contributed by atoms with Gasteiger partial charge in [-0.3, -0.25) is 9.36 Å². The molecule has 0 amide bonds. The molecule has 8 heteroatoms. The number of nitrogens with zero attached hydrogens (tertiary/aromatic N) is 3. The average Bonchev–Trinajstić information content (AvgIpc) is 3.33. The lowest BCUT2D eigenvalue weighted by Gasteiger charge is -2.07. The van der Waals surface area contributed by atoms with E-state index in [1.807, 2.05) is 32.0 Å². The third-order valence-corrected chi connectivity index (χ3v) is 5.75. The zero-order valence-electron chi connectivity index (χ0n) is 18.3. The minimum absolute atomic E-state index is 0.0828. The number of halogens is 2. The van der Waals surface area contributed by atoms with E-state index in [0.717, 1.165) is 39.4 Å². The fourth-order valence-electron chi connectivity index (χ4n) is 4.21. The van der Waals surface area contributed by atoms with Crippen molar-refractivity contribution in [2.45, 2.75) is 20.3 Å². The van der Waals surface area contributed by atoms with Crippen molar-refractivity contribution >= 4 is 17.0 Å². The van der Waals surface area contributed by atoms with Gasteiger partial charge in [-0.25, -0.2) is 13.8 Å². The summed E-state index contributed by atoms with van der Waals surface area (Å²) in [7, 11) is 0. The van der Waals surface area contributed by atoms with Crippen LogP contribution in [0.2, 0.25) is 0 Å². The van der Waals surface area contributed by atoms with Gasteiger partial charge in [-0.15, -0.1) is 0 Å². The Kier molecular flexibility index (Phi) is 5.20. The number of fused-ring (bicyclic) bond motifs is 1. The van der Waals surface area contributed by atoms with E-state index in [9.17, 15) is 13.6 Å². The van der Waals surface area contributed by atoms with Crippen molar-refractivity contribution in [3.8, 4) is 27.9 Å². The summed E-state index contributed by atoms with van der Waals surface area (Å²) in [6, 6.07) is 12.5. The van der Waals surface area contributed by atoms with Crippen molar-refractivity contribution in [3.63, 3.8) is 0 Å². The lowest BCUT2D eigenvalue weighted by atomic mass is 10.0. The molecule has 5 rings (SSSR count). The highest BCUT2D eigenvalue weighted by Gasteiger charge is 2.19. The van der Waals surface area contributed by atoms with E-state index in [1.54, 1.807) is 29.1 Å². The van der Waals surface area contributed by atoms with Crippen LogP contribution in [0.1, 0.15) is 17.0 Å². The Labute approximate surface area is 193 Å². The minimum Gasteiger partial charge on any atom is -0.481 e. The van der Waals surface area contributed by atoms with Gasteiger partial charge in [0.15, 0.2) is 0 Å². The molecule has 0 aliphatic rings. The SMILES string of the molecule is Cc1noc(C)c1-c1cnc2c(c1)c(-c1ccc(CC(=O)O)cc1)cn2-c1ccc(F)cc1F. The van der Waals surface area contributed by atoms with E-state index >= 15 is 0 Å². The Morgan fingerprint density at radius 3 is 2.47 bits per heavy atom. The highest BCUT2D eigenvalue weighted by atomic mass is 19.1. The number of rotatable bonds is 5. The molecule has 0 radical (unpaired) electrons. The molecule has 0 fully saturated rings. The molecule has 0 unspecified atom stereocenters. The Morgan fingerprint density at radius 1 is 1.06 bits per heavy atom. The number of carboxylic acid groups (broad SMARTS) is 1. The van der Waals surface area contributed by atoms with Crippen molar-refractivity contribution in [2.75, 3.05) is 0 Å². The molecule has 0 aliphatic heterocycles. The van der Waals surface area contributed by atoms with Crippen LogP contribution in [0.25, 0.3) is 39.0 Å². The van der Waals surface area contributed by atoms with Crippen LogP contribution >= 0.6 is 0 Å². The molecule has 3 aromatic heterocycles. The normalized spacial score (nSPS) is 11.3. The number of hydrogen-bond acceptors (Lipinski definition) is 4. The summed E-state index contributed by atoms with van der Waals surface area (Å²) in [4.78, 5) is 15.7. The van der Waals surface area contributed by atoms with Gasteiger partial charge in [-0.05, 0) is 43.2 Å². The predicted molar refractivity (Wildman–Crippen MR) is 123 cm³/mol. The molecule has 34 heavy (non-hydrogen) atoms. The van der Waals surface area contributed by atoms with Crippen LogP contribution in [0.5, 0.6) is 0 Å². The van der Waals surface area contributed by atoms with Crippen molar-refractivity contribution in [3.05, 3.63) is 89.6 Å². The number of aryl methyl sites for hydroxylation is 2. The second-order valence-corrected chi connectivity index (χ2v) is 8.07. The maximum Gasteiger partial charge on any atom is 0.307 e. The van der Waals surface area contributed by atoms with E-state index in [-0.39, 0.29) is 12.1 Å². The lowest BCUT2D eigenvalue weighted by Crippen LogP contribution is -1.99. The predicted octanol–water partition coefficient (Wildman–Crippen LogP) is 5.87. The second-order valence-electron chi connectivity index (χ2n) is 8.07. The molecular formula is C26H19F2N3O3. The third kappa shape index (κ3) is 3.73. The Morgan fingerprint density at radius 2 is 1.82 bits per heavy atom.